The monoisotopic (exact) mass is 460 g/mol. The van der Waals surface area contributed by atoms with E-state index in [-0.39, 0.29) is 19.0 Å². The maximum Gasteiger partial charge on any atom is 0.134 e. The van der Waals surface area contributed by atoms with E-state index in [2.05, 4.69) is 4.90 Å². The van der Waals surface area contributed by atoms with Gasteiger partial charge in [-0.05, 0) is 49.2 Å². The van der Waals surface area contributed by atoms with E-state index in [1.165, 1.54) is 12.1 Å². The van der Waals surface area contributed by atoms with Crippen molar-refractivity contribution in [3.63, 3.8) is 0 Å². The molecular formula is C25H33FN2O5. The molecule has 0 saturated carbocycles. The molecule has 1 atom stereocenters. The van der Waals surface area contributed by atoms with E-state index in [0.29, 0.717) is 44.8 Å². The molecule has 180 valence electrons. The minimum Gasteiger partial charge on any atom is -0.497 e. The highest BCUT2D eigenvalue weighted by molar-refractivity contribution is 5.49. The van der Waals surface area contributed by atoms with Crippen LogP contribution in [0.3, 0.4) is 0 Å². The molecule has 0 radical (unpaired) electrons. The van der Waals surface area contributed by atoms with Crippen LogP contribution in [0.5, 0.6) is 11.5 Å². The van der Waals surface area contributed by atoms with Gasteiger partial charge in [-0.15, -0.1) is 0 Å². The summed E-state index contributed by atoms with van der Waals surface area (Å²) in [6, 6.07) is 13.8. The fourth-order valence-electron chi connectivity index (χ4n) is 4.54. The average Bonchev–Trinajstić information content (AvgIpc) is 2.99. The lowest BCUT2D eigenvalue weighted by Gasteiger charge is -2.42. The van der Waals surface area contributed by atoms with Gasteiger partial charge < -0.3 is 29.3 Å². The summed E-state index contributed by atoms with van der Waals surface area (Å²) in [5.41, 5.74) is -0.967. The number of nitrogens with zero attached hydrogens (tertiary/aromatic N) is 2. The van der Waals surface area contributed by atoms with Crippen molar-refractivity contribution < 1.29 is 28.8 Å². The Hall–Kier alpha value is -2.39. The van der Waals surface area contributed by atoms with Gasteiger partial charge in [0.2, 0.25) is 0 Å². The van der Waals surface area contributed by atoms with Gasteiger partial charge >= 0.3 is 0 Å². The Morgan fingerprint density at radius 3 is 2.45 bits per heavy atom. The van der Waals surface area contributed by atoms with Crippen molar-refractivity contribution in [1.82, 2.24) is 4.90 Å². The number of piperidine rings is 1. The molecule has 2 aliphatic heterocycles. The van der Waals surface area contributed by atoms with E-state index >= 15 is 0 Å². The minimum atomic E-state index is -1.25. The second kappa shape index (κ2) is 10.3. The molecule has 2 heterocycles. The van der Waals surface area contributed by atoms with Crippen LogP contribution in [-0.4, -0.2) is 86.0 Å². The Kier molecular flexibility index (Phi) is 7.38. The Morgan fingerprint density at radius 1 is 1.00 bits per heavy atom. The number of hydrogen-bond acceptors (Lipinski definition) is 7. The van der Waals surface area contributed by atoms with Crippen molar-refractivity contribution in [3.8, 4) is 11.5 Å². The number of halogens is 1. The Labute approximate surface area is 194 Å². The molecule has 33 heavy (non-hydrogen) atoms. The Bertz CT molecular complexity index is 904. The van der Waals surface area contributed by atoms with E-state index < -0.39 is 11.2 Å². The highest BCUT2D eigenvalue weighted by atomic mass is 19.1. The predicted octanol–water partition coefficient (Wildman–Crippen LogP) is 2.31. The lowest BCUT2D eigenvalue weighted by atomic mass is 9.90. The molecule has 7 nitrogen and oxygen atoms in total. The first-order chi connectivity index (χ1) is 15.9. The number of hydrogen-bond donors (Lipinski definition) is 2. The predicted molar refractivity (Wildman–Crippen MR) is 123 cm³/mol. The zero-order chi connectivity index (χ0) is 23.3. The second-order valence-corrected chi connectivity index (χ2v) is 9.14. The van der Waals surface area contributed by atoms with Crippen LogP contribution in [0, 0.1) is 5.82 Å². The minimum absolute atomic E-state index is 0.0172. The highest BCUT2D eigenvalue weighted by Crippen LogP contribution is 2.29. The van der Waals surface area contributed by atoms with E-state index in [1.54, 1.807) is 19.2 Å². The van der Waals surface area contributed by atoms with Crippen LogP contribution in [-0.2, 0) is 4.74 Å². The van der Waals surface area contributed by atoms with Crippen molar-refractivity contribution >= 4 is 5.69 Å². The fourth-order valence-corrected chi connectivity index (χ4v) is 4.54. The maximum absolute atomic E-state index is 13.4. The van der Waals surface area contributed by atoms with Gasteiger partial charge in [-0.25, -0.2) is 4.39 Å². The van der Waals surface area contributed by atoms with Crippen LogP contribution < -0.4 is 14.4 Å². The number of ether oxygens (including phenoxy) is 3. The quantitative estimate of drug-likeness (QED) is 0.657. The van der Waals surface area contributed by atoms with Crippen LogP contribution in [0.4, 0.5) is 10.1 Å². The first-order valence-electron chi connectivity index (χ1n) is 11.4. The van der Waals surface area contributed by atoms with Crippen LogP contribution in [0.1, 0.15) is 12.8 Å². The molecule has 2 saturated heterocycles. The summed E-state index contributed by atoms with van der Waals surface area (Å²) in [4.78, 5) is 4.31. The molecule has 8 heteroatoms. The van der Waals surface area contributed by atoms with Gasteiger partial charge in [0.1, 0.15) is 29.5 Å². The molecule has 0 aliphatic carbocycles. The smallest absolute Gasteiger partial charge is 0.134 e. The van der Waals surface area contributed by atoms with Crippen molar-refractivity contribution in [2.24, 2.45) is 0 Å². The normalized spacial score (nSPS) is 23.7. The van der Waals surface area contributed by atoms with E-state index in [0.717, 1.165) is 24.5 Å². The van der Waals surface area contributed by atoms with Crippen molar-refractivity contribution in [3.05, 3.63) is 54.3 Å². The first kappa shape index (κ1) is 23.8. The van der Waals surface area contributed by atoms with E-state index in [4.69, 9.17) is 14.2 Å². The molecule has 2 aliphatic rings. The maximum atomic E-state index is 13.4. The molecule has 0 bridgehead atoms. The molecule has 0 aromatic heterocycles. The molecule has 2 fully saturated rings. The van der Waals surface area contributed by atoms with E-state index in [1.807, 2.05) is 29.2 Å². The zero-order valence-corrected chi connectivity index (χ0v) is 19.1. The van der Waals surface area contributed by atoms with Gasteiger partial charge in [-0.1, -0.05) is 6.07 Å². The molecule has 2 N–H and O–H groups in total. The molecule has 2 aromatic rings. The topological polar surface area (TPSA) is 74.6 Å². The third kappa shape index (κ3) is 6.35. The van der Waals surface area contributed by atoms with Gasteiger partial charge in [0, 0.05) is 44.5 Å². The number of benzene rings is 2. The second-order valence-electron chi connectivity index (χ2n) is 9.14. The molecule has 0 spiro atoms. The van der Waals surface area contributed by atoms with Gasteiger partial charge in [0.25, 0.3) is 0 Å². The summed E-state index contributed by atoms with van der Waals surface area (Å²) >= 11 is 0. The van der Waals surface area contributed by atoms with Crippen molar-refractivity contribution in [1.29, 1.82) is 0 Å². The van der Waals surface area contributed by atoms with Gasteiger partial charge in [-0.3, -0.25) is 4.90 Å². The van der Waals surface area contributed by atoms with Crippen LogP contribution in [0.2, 0.25) is 0 Å². The van der Waals surface area contributed by atoms with Crippen LogP contribution >= 0.6 is 0 Å². The third-order valence-corrected chi connectivity index (χ3v) is 6.39. The summed E-state index contributed by atoms with van der Waals surface area (Å²) in [6.07, 6.45) is 1.27. The van der Waals surface area contributed by atoms with Gasteiger partial charge in [0.05, 0.1) is 25.9 Å². The lowest BCUT2D eigenvalue weighted by molar-refractivity contribution is -0.0742. The number of rotatable bonds is 7. The standard InChI is InChI=1S/C25H33FN2O5/c1-31-22-7-5-21(6-8-22)28-11-9-24(29,10-12-28)16-27-13-14-32-18-25(30,17-27)19-33-23-4-2-3-20(26)15-23/h2-8,15,29-30H,9-14,16-19H2,1H3/t25-/m0/s1. The number of β-amino-alcohol motifs (C(OH)–C–C–N with tert-alkyl or cyclic N) is 2. The molecular weight excluding hydrogens is 427 g/mol. The Balaban J connectivity index is 1.32. The fraction of sp³-hybridized carbons (Fsp3) is 0.520. The highest BCUT2D eigenvalue weighted by Gasteiger charge is 2.39. The summed E-state index contributed by atoms with van der Waals surface area (Å²) < 4.78 is 29.9. The van der Waals surface area contributed by atoms with Crippen LogP contribution in [0.15, 0.2) is 48.5 Å². The zero-order valence-electron chi connectivity index (χ0n) is 19.1. The van der Waals surface area contributed by atoms with Crippen molar-refractivity contribution in [2.45, 2.75) is 24.0 Å². The van der Waals surface area contributed by atoms with Crippen molar-refractivity contribution in [2.75, 3.05) is 64.6 Å². The summed E-state index contributed by atoms with van der Waals surface area (Å²) in [5.74, 6) is 0.801. The SMILES string of the molecule is COc1ccc(N2CCC(O)(CN3CCOC[C@](O)(COc4cccc(F)c4)C3)CC2)cc1. The Morgan fingerprint density at radius 2 is 1.76 bits per heavy atom. The molecule has 0 amide bonds. The lowest BCUT2D eigenvalue weighted by Crippen LogP contribution is -2.55. The summed E-state index contributed by atoms with van der Waals surface area (Å²) in [5, 5.41) is 22.4. The summed E-state index contributed by atoms with van der Waals surface area (Å²) in [7, 11) is 1.65. The van der Waals surface area contributed by atoms with E-state index in [9.17, 15) is 14.6 Å². The molecule has 0 unspecified atom stereocenters. The largest absolute Gasteiger partial charge is 0.497 e. The first-order valence-corrected chi connectivity index (χ1v) is 11.4. The number of aliphatic hydroxyl groups is 2. The van der Waals surface area contributed by atoms with Gasteiger partial charge in [-0.2, -0.15) is 0 Å². The molecule has 2 aromatic carbocycles. The summed E-state index contributed by atoms with van der Waals surface area (Å²) in [6.45, 7) is 3.46. The number of anilines is 1. The van der Waals surface area contributed by atoms with Crippen LogP contribution in [0.25, 0.3) is 0 Å². The third-order valence-electron chi connectivity index (χ3n) is 6.39. The molecule has 4 rings (SSSR count). The number of methoxy groups -OCH3 is 1. The van der Waals surface area contributed by atoms with Gasteiger partial charge in [0.15, 0.2) is 0 Å². The average molecular weight is 461 g/mol.